The van der Waals surface area contributed by atoms with E-state index in [1.165, 1.54) is 22.7 Å². The molecule has 3 heterocycles. The first-order valence-corrected chi connectivity index (χ1v) is 11.1. The monoisotopic (exact) mass is 427 g/mol. The number of thiazole rings is 2. The van der Waals surface area contributed by atoms with E-state index in [-0.39, 0.29) is 18.4 Å². The maximum atomic E-state index is 12.5. The Morgan fingerprint density at radius 1 is 1.28 bits per heavy atom. The number of nitrogens with zero attached hydrogens (tertiary/aromatic N) is 3. The van der Waals surface area contributed by atoms with Gasteiger partial charge < -0.3 is 10.6 Å². The molecule has 3 aromatic rings. The lowest BCUT2D eigenvalue weighted by Crippen LogP contribution is -2.27. The Hall–Kier alpha value is -2.78. The molecule has 1 saturated heterocycles. The van der Waals surface area contributed by atoms with Gasteiger partial charge >= 0.3 is 6.03 Å². The van der Waals surface area contributed by atoms with Crippen LogP contribution < -0.4 is 15.5 Å². The van der Waals surface area contributed by atoms with Crippen LogP contribution in [0, 0.1) is 0 Å². The van der Waals surface area contributed by atoms with Crippen molar-refractivity contribution in [2.75, 3.05) is 23.3 Å². The SMILES string of the molecule is CC(C)c1sc(NC(=O)Cc2csc(N3CCNC3=O)n2)nc1-c1ccccc1. The summed E-state index contributed by atoms with van der Waals surface area (Å²) in [6, 6.07) is 9.85. The third-order valence-electron chi connectivity index (χ3n) is 4.44. The van der Waals surface area contributed by atoms with E-state index in [9.17, 15) is 9.59 Å². The highest BCUT2D eigenvalue weighted by Crippen LogP contribution is 2.36. The predicted octanol–water partition coefficient (Wildman–Crippen LogP) is 4.10. The number of benzene rings is 1. The van der Waals surface area contributed by atoms with Crippen molar-refractivity contribution in [2.24, 2.45) is 0 Å². The summed E-state index contributed by atoms with van der Waals surface area (Å²) < 4.78 is 0. The second-order valence-electron chi connectivity index (χ2n) is 6.98. The minimum absolute atomic E-state index is 0.142. The largest absolute Gasteiger partial charge is 0.336 e. The Morgan fingerprint density at radius 3 is 2.76 bits per heavy atom. The molecule has 3 amide bonds. The van der Waals surface area contributed by atoms with Crippen molar-refractivity contribution in [1.82, 2.24) is 15.3 Å². The van der Waals surface area contributed by atoms with E-state index in [4.69, 9.17) is 0 Å². The van der Waals surface area contributed by atoms with Gasteiger partial charge in [-0.3, -0.25) is 9.69 Å². The lowest BCUT2D eigenvalue weighted by molar-refractivity contribution is -0.115. The molecular formula is C20H21N5O2S2. The van der Waals surface area contributed by atoms with Crippen molar-refractivity contribution in [2.45, 2.75) is 26.2 Å². The first kappa shape index (κ1) is 19.5. The van der Waals surface area contributed by atoms with Crippen LogP contribution in [-0.4, -0.2) is 35.0 Å². The number of carbonyl (C=O) groups excluding carboxylic acids is 2. The smallest absolute Gasteiger partial charge is 0.323 e. The van der Waals surface area contributed by atoms with Gasteiger partial charge in [0.15, 0.2) is 10.3 Å². The fraction of sp³-hybridized carbons (Fsp3) is 0.300. The van der Waals surface area contributed by atoms with Gasteiger partial charge in [-0.15, -0.1) is 22.7 Å². The summed E-state index contributed by atoms with van der Waals surface area (Å²) in [5.41, 5.74) is 2.60. The van der Waals surface area contributed by atoms with Gasteiger partial charge in [0, 0.05) is 28.9 Å². The summed E-state index contributed by atoms with van der Waals surface area (Å²) >= 11 is 2.87. The first-order valence-electron chi connectivity index (χ1n) is 9.37. The van der Waals surface area contributed by atoms with Gasteiger partial charge in [-0.25, -0.2) is 14.8 Å². The van der Waals surface area contributed by atoms with Crippen molar-refractivity contribution >= 4 is 44.9 Å². The minimum atomic E-state index is -0.170. The minimum Gasteiger partial charge on any atom is -0.336 e. The predicted molar refractivity (Wildman–Crippen MR) is 117 cm³/mol. The molecular weight excluding hydrogens is 406 g/mol. The molecule has 4 rings (SSSR count). The molecule has 1 aromatic carbocycles. The maximum Gasteiger partial charge on any atom is 0.323 e. The van der Waals surface area contributed by atoms with Crippen LogP contribution in [0.15, 0.2) is 35.7 Å². The summed E-state index contributed by atoms with van der Waals surface area (Å²) in [6.45, 7) is 5.45. The molecule has 2 N–H and O–H groups in total. The molecule has 1 aliphatic rings. The van der Waals surface area contributed by atoms with Gasteiger partial charge in [0.05, 0.1) is 17.8 Å². The van der Waals surface area contributed by atoms with Gasteiger partial charge in [0.25, 0.3) is 0 Å². The van der Waals surface area contributed by atoms with Crippen molar-refractivity contribution in [3.63, 3.8) is 0 Å². The summed E-state index contributed by atoms with van der Waals surface area (Å²) in [5, 5.41) is 8.67. The number of rotatable bonds is 6. The number of urea groups is 1. The van der Waals surface area contributed by atoms with E-state index >= 15 is 0 Å². The average molecular weight is 428 g/mol. The summed E-state index contributed by atoms with van der Waals surface area (Å²) in [5.74, 6) is 0.137. The van der Waals surface area contributed by atoms with Crippen molar-refractivity contribution in [3.05, 3.63) is 46.3 Å². The zero-order chi connectivity index (χ0) is 20.4. The molecule has 0 spiro atoms. The third kappa shape index (κ3) is 4.30. The van der Waals surface area contributed by atoms with Crippen LogP contribution in [0.5, 0.6) is 0 Å². The highest BCUT2D eigenvalue weighted by atomic mass is 32.1. The molecule has 1 aliphatic heterocycles. The Labute approximate surface area is 176 Å². The van der Waals surface area contributed by atoms with Gasteiger partial charge in [0.2, 0.25) is 5.91 Å². The Bertz CT molecular complexity index is 1030. The maximum absolute atomic E-state index is 12.5. The Kier molecular flexibility index (Phi) is 5.59. The summed E-state index contributed by atoms with van der Waals surface area (Å²) in [7, 11) is 0. The van der Waals surface area contributed by atoms with Crippen LogP contribution in [0.3, 0.4) is 0 Å². The molecule has 29 heavy (non-hydrogen) atoms. The number of hydrogen-bond donors (Lipinski definition) is 2. The Balaban J connectivity index is 1.46. The highest BCUT2D eigenvalue weighted by molar-refractivity contribution is 7.16. The van der Waals surface area contributed by atoms with Crippen LogP contribution in [0.25, 0.3) is 11.3 Å². The molecule has 7 nitrogen and oxygen atoms in total. The summed E-state index contributed by atoms with van der Waals surface area (Å²) in [6.07, 6.45) is 0.142. The van der Waals surface area contributed by atoms with Crippen molar-refractivity contribution < 1.29 is 9.59 Å². The van der Waals surface area contributed by atoms with E-state index in [2.05, 4.69) is 34.4 Å². The van der Waals surface area contributed by atoms with Crippen LogP contribution in [0.4, 0.5) is 15.1 Å². The number of carbonyl (C=O) groups is 2. The number of anilines is 2. The quantitative estimate of drug-likeness (QED) is 0.620. The number of amides is 3. The zero-order valence-electron chi connectivity index (χ0n) is 16.1. The van der Waals surface area contributed by atoms with Gasteiger partial charge in [-0.1, -0.05) is 44.2 Å². The van der Waals surface area contributed by atoms with Crippen LogP contribution >= 0.6 is 22.7 Å². The molecule has 9 heteroatoms. The molecule has 0 aliphatic carbocycles. The van der Waals surface area contributed by atoms with Crippen LogP contribution in [0.2, 0.25) is 0 Å². The highest BCUT2D eigenvalue weighted by Gasteiger charge is 2.24. The molecule has 0 saturated carbocycles. The van der Waals surface area contributed by atoms with Gasteiger partial charge in [0.1, 0.15) is 0 Å². The lowest BCUT2D eigenvalue weighted by Gasteiger charge is -2.08. The number of hydrogen-bond acceptors (Lipinski definition) is 6. The van der Waals surface area contributed by atoms with Gasteiger partial charge in [-0.2, -0.15) is 0 Å². The standard InChI is InChI=1S/C20H21N5O2S2/c1-12(2)17-16(13-6-4-3-5-7-13)24-18(29-17)23-15(26)10-14-11-28-20(22-14)25-9-8-21-19(25)27/h3-7,11-12H,8-10H2,1-2H3,(H,21,27)(H,23,24,26). The zero-order valence-corrected chi connectivity index (χ0v) is 17.8. The van der Waals surface area contributed by atoms with Crippen molar-refractivity contribution in [1.29, 1.82) is 0 Å². The van der Waals surface area contributed by atoms with Crippen LogP contribution in [-0.2, 0) is 11.2 Å². The fourth-order valence-corrected chi connectivity index (χ4v) is 4.92. The Morgan fingerprint density at radius 2 is 2.07 bits per heavy atom. The van der Waals surface area contributed by atoms with Crippen molar-refractivity contribution in [3.8, 4) is 11.3 Å². The molecule has 0 unspecified atom stereocenters. The second kappa shape index (κ2) is 8.30. The molecule has 1 fully saturated rings. The molecule has 0 bridgehead atoms. The average Bonchev–Trinajstić information content (AvgIpc) is 3.42. The summed E-state index contributed by atoms with van der Waals surface area (Å²) in [4.78, 5) is 36.1. The molecule has 2 aromatic heterocycles. The van der Waals surface area contributed by atoms with E-state index in [1.807, 2.05) is 35.7 Å². The molecule has 150 valence electrons. The molecule has 0 radical (unpaired) electrons. The van der Waals surface area contributed by atoms with E-state index in [0.29, 0.717) is 35.0 Å². The lowest BCUT2D eigenvalue weighted by atomic mass is 10.1. The first-order chi connectivity index (χ1) is 14.0. The number of nitrogens with one attached hydrogen (secondary N) is 2. The van der Waals surface area contributed by atoms with E-state index in [0.717, 1.165) is 16.1 Å². The van der Waals surface area contributed by atoms with E-state index < -0.39 is 0 Å². The third-order valence-corrected chi connectivity index (χ3v) is 6.62. The fourth-order valence-electron chi connectivity index (χ4n) is 3.06. The second-order valence-corrected chi connectivity index (χ2v) is 8.85. The normalized spacial score (nSPS) is 13.8. The topological polar surface area (TPSA) is 87.2 Å². The van der Waals surface area contributed by atoms with E-state index in [1.54, 1.807) is 4.90 Å². The van der Waals surface area contributed by atoms with Crippen LogP contribution in [0.1, 0.15) is 30.3 Å². The molecule has 0 atom stereocenters. The van der Waals surface area contributed by atoms with Gasteiger partial charge in [-0.05, 0) is 5.92 Å². The number of aromatic nitrogens is 2.